The van der Waals surface area contributed by atoms with E-state index in [1.54, 1.807) is 30.3 Å². The lowest BCUT2D eigenvalue weighted by Crippen LogP contribution is -2.06. The predicted molar refractivity (Wildman–Crippen MR) is 79.9 cm³/mol. The Morgan fingerprint density at radius 1 is 0.913 bits per heavy atom. The minimum Gasteiger partial charge on any atom is -0.258 e. The molecule has 0 saturated heterocycles. The fourth-order valence-electron chi connectivity index (χ4n) is 1.82. The van der Waals surface area contributed by atoms with Gasteiger partial charge in [-0.3, -0.25) is 10.1 Å². The summed E-state index contributed by atoms with van der Waals surface area (Å²) in [7, 11) is -9.90. The third-order valence-corrected chi connectivity index (χ3v) is 4.04. The Bertz CT molecular complexity index is 788. The van der Waals surface area contributed by atoms with Crippen molar-refractivity contribution in [3.05, 3.63) is 69.8 Å². The van der Waals surface area contributed by atoms with Gasteiger partial charge in [0.1, 0.15) is 4.90 Å². The molecule has 0 N–H and O–H groups in total. The van der Waals surface area contributed by atoms with Crippen LogP contribution in [0.2, 0.25) is 0 Å². The Labute approximate surface area is 127 Å². The first-order valence-electron chi connectivity index (χ1n) is 6.12. The molecular formula is C14H10F5NO2S. The molecule has 0 aromatic heterocycles. The average Bonchev–Trinajstić information content (AvgIpc) is 2.43. The summed E-state index contributed by atoms with van der Waals surface area (Å²) in [4.78, 5) is 7.77. The standard InChI is InChI=1S/C14H10F5NO2S/c15-23(16,17,18,19)13-8-9-14(20(21)22)12(10-13)7-6-11-4-2-1-3-5-11/h1-10H. The van der Waals surface area contributed by atoms with Crippen LogP contribution >= 0.6 is 10.2 Å². The summed E-state index contributed by atoms with van der Waals surface area (Å²) in [6.45, 7) is 0. The van der Waals surface area contributed by atoms with Crippen molar-refractivity contribution in [2.24, 2.45) is 0 Å². The van der Waals surface area contributed by atoms with Crippen molar-refractivity contribution in [1.29, 1.82) is 0 Å². The highest BCUT2D eigenvalue weighted by atomic mass is 32.5. The van der Waals surface area contributed by atoms with Crippen molar-refractivity contribution in [3.63, 3.8) is 0 Å². The smallest absolute Gasteiger partial charge is 0.258 e. The van der Waals surface area contributed by atoms with E-state index in [1.807, 2.05) is 0 Å². The Kier molecular flexibility index (Phi) is 3.53. The van der Waals surface area contributed by atoms with E-state index in [0.717, 1.165) is 6.08 Å². The second kappa shape index (κ2) is 4.79. The average molecular weight is 351 g/mol. The molecule has 0 atom stereocenters. The first-order chi connectivity index (χ1) is 10.4. The van der Waals surface area contributed by atoms with Crippen molar-refractivity contribution >= 4 is 28.1 Å². The maximum Gasteiger partial charge on any atom is 0.310 e. The highest BCUT2D eigenvalue weighted by Gasteiger charge is 2.65. The number of halogens is 5. The monoisotopic (exact) mass is 351 g/mol. The normalized spacial score (nSPS) is 15.2. The number of benzene rings is 2. The van der Waals surface area contributed by atoms with E-state index in [0.29, 0.717) is 11.6 Å². The van der Waals surface area contributed by atoms with Gasteiger partial charge in [-0.25, -0.2) is 0 Å². The third-order valence-electron chi connectivity index (χ3n) is 2.90. The SMILES string of the molecule is O=[N+]([O-])c1ccc(S(F)(F)(F)(F)F)cc1C=Cc1ccccc1. The van der Waals surface area contributed by atoms with Crippen LogP contribution < -0.4 is 0 Å². The molecule has 124 valence electrons. The van der Waals surface area contributed by atoms with Gasteiger partial charge in [-0.15, -0.1) is 0 Å². The number of hydrogen-bond acceptors (Lipinski definition) is 2. The van der Waals surface area contributed by atoms with Crippen LogP contribution in [0.5, 0.6) is 0 Å². The number of nitrogens with zero attached hydrogens (tertiary/aromatic N) is 1. The predicted octanol–water partition coefficient (Wildman–Crippen LogP) is 6.42. The van der Waals surface area contributed by atoms with Gasteiger partial charge in [0.2, 0.25) is 0 Å². The quantitative estimate of drug-likeness (QED) is 0.276. The molecule has 0 saturated carbocycles. The minimum atomic E-state index is -9.90. The fraction of sp³-hybridized carbons (Fsp3) is 0. The second-order valence-corrected chi connectivity index (χ2v) is 7.10. The Morgan fingerprint density at radius 2 is 1.52 bits per heavy atom. The summed E-state index contributed by atoms with van der Waals surface area (Å²) in [6.07, 6.45) is 2.30. The van der Waals surface area contributed by atoms with Crippen molar-refractivity contribution in [3.8, 4) is 0 Å². The molecule has 0 heterocycles. The van der Waals surface area contributed by atoms with E-state index < -0.39 is 31.3 Å². The molecule has 2 aromatic carbocycles. The minimum absolute atomic E-state index is 0.0273. The summed E-state index contributed by atoms with van der Waals surface area (Å²) in [6, 6.07) is 8.77. The van der Waals surface area contributed by atoms with Crippen LogP contribution in [0.1, 0.15) is 11.1 Å². The van der Waals surface area contributed by atoms with Crippen molar-refractivity contribution in [2.45, 2.75) is 4.90 Å². The zero-order valence-electron chi connectivity index (χ0n) is 11.3. The molecule has 0 unspecified atom stereocenters. The summed E-state index contributed by atoms with van der Waals surface area (Å²) in [5.74, 6) is 0. The highest BCUT2D eigenvalue weighted by Crippen LogP contribution is 3.02. The summed E-state index contributed by atoms with van der Waals surface area (Å²) >= 11 is 0. The third kappa shape index (κ3) is 4.28. The molecule has 0 radical (unpaired) electrons. The number of nitro groups is 1. The topological polar surface area (TPSA) is 43.1 Å². The molecule has 2 rings (SSSR count). The summed E-state index contributed by atoms with van der Waals surface area (Å²) in [5, 5.41) is 10.9. The van der Waals surface area contributed by atoms with Crippen molar-refractivity contribution in [1.82, 2.24) is 0 Å². The Hall–Kier alpha value is -2.42. The molecular weight excluding hydrogens is 341 g/mol. The van der Waals surface area contributed by atoms with Crippen molar-refractivity contribution < 1.29 is 24.4 Å². The Balaban J connectivity index is 2.57. The molecule has 0 spiro atoms. The van der Waals surface area contributed by atoms with E-state index >= 15 is 0 Å². The zero-order valence-corrected chi connectivity index (χ0v) is 12.2. The largest absolute Gasteiger partial charge is 0.310 e. The van der Waals surface area contributed by atoms with E-state index in [2.05, 4.69) is 0 Å². The molecule has 9 heteroatoms. The van der Waals surface area contributed by atoms with Gasteiger partial charge in [-0.2, -0.15) is 0 Å². The van der Waals surface area contributed by atoms with Crippen LogP contribution in [-0.2, 0) is 0 Å². The second-order valence-electron chi connectivity index (χ2n) is 4.69. The van der Waals surface area contributed by atoms with Crippen LogP contribution in [-0.4, -0.2) is 4.92 Å². The summed E-state index contributed by atoms with van der Waals surface area (Å²) in [5.41, 5.74) is -0.688. The van der Waals surface area contributed by atoms with Gasteiger partial charge in [-0.05, 0) is 23.8 Å². The molecule has 0 aliphatic carbocycles. The van der Waals surface area contributed by atoms with Crippen LogP contribution in [0, 0.1) is 10.1 Å². The Morgan fingerprint density at radius 3 is 2.04 bits per heavy atom. The van der Waals surface area contributed by atoms with Gasteiger partial charge in [0, 0.05) is 6.07 Å². The molecule has 0 amide bonds. The highest BCUT2D eigenvalue weighted by molar-refractivity contribution is 8.45. The van der Waals surface area contributed by atoms with Crippen molar-refractivity contribution in [2.75, 3.05) is 0 Å². The fourth-order valence-corrected chi connectivity index (χ4v) is 2.50. The zero-order chi connectivity index (χ0) is 17.4. The molecule has 0 bridgehead atoms. The van der Waals surface area contributed by atoms with Crippen LogP contribution in [0.3, 0.4) is 0 Å². The lowest BCUT2D eigenvalue weighted by atomic mass is 10.1. The van der Waals surface area contributed by atoms with Gasteiger partial charge in [0.05, 0.1) is 10.5 Å². The molecule has 0 fully saturated rings. The van der Waals surface area contributed by atoms with Gasteiger partial charge < -0.3 is 0 Å². The first-order valence-corrected chi connectivity index (χ1v) is 8.08. The van der Waals surface area contributed by atoms with Gasteiger partial charge >= 0.3 is 10.2 Å². The van der Waals surface area contributed by atoms with Crippen LogP contribution in [0.4, 0.5) is 25.1 Å². The van der Waals surface area contributed by atoms with E-state index in [1.165, 1.54) is 6.08 Å². The number of rotatable bonds is 4. The van der Waals surface area contributed by atoms with Gasteiger partial charge in [0.25, 0.3) is 5.69 Å². The van der Waals surface area contributed by atoms with E-state index in [4.69, 9.17) is 0 Å². The first kappa shape index (κ1) is 16.9. The number of nitro benzene ring substituents is 1. The van der Waals surface area contributed by atoms with E-state index in [-0.39, 0.29) is 12.1 Å². The maximum atomic E-state index is 12.8. The molecule has 0 aliphatic heterocycles. The molecule has 3 nitrogen and oxygen atoms in total. The lowest BCUT2D eigenvalue weighted by Gasteiger charge is -2.40. The molecule has 0 aliphatic rings. The van der Waals surface area contributed by atoms with Gasteiger partial charge in [-0.1, -0.05) is 55.8 Å². The van der Waals surface area contributed by atoms with Crippen LogP contribution in [0.25, 0.3) is 12.2 Å². The number of hydrogen-bond donors (Lipinski definition) is 0. The molecule has 2 aromatic rings. The van der Waals surface area contributed by atoms with Crippen LogP contribution in [0.15, 0.2) is 53.4 Å². The van der Waals surface area contributed by atoms with Gasteiger partial charge in [0.15, 0.2) is 0 Å². The lowest BCUT2D eigenvalue weighted by molar-refractivity contribution is -0.385. The van der Waals surface area contributed by atoms with E-state index in [9.17, 15) is 29.5 Å². The maximum absolute atomic E-state index is 12.8. The molecule has 23 heavy (non-hydrogen) atoms. The summed E-state index contributed by atoms with van der Waals surface area (Å²) < 4.78 is 64.1.